The van der Waals surface area contributed by atoms with Crippen LogP contribution in [0.3, 0.4) is 0 Å². The summed E-state index contributed by atoms with van der Waals surface area (Å²) in [6.45, 7) is 1.40. The number of benzene rings is 1. The minimum atomic E-state index is -1.47. The van der Waals surface area contributed by atoms with E-state index in [1.165, 1.54) is 25.1 Å². The van der Waals surface area contributed by atoms with E-state index >= 15 is 0 Å². The molecule has 0 heterocycles. The zero-order valence-electron chi connectivity index (χ0n) is 6.51. The molecular weight excluding hydrogens is 181 g/mol. The minimum absolute atomic E-state index is 0.0433. The van der Waals surface area contributed by atoms with Crippen LogP contribution in [0.5, 0.6) is 0 Å². The minimum Gasteiger partial charge on any atom is -0.372 e. The van der Waals surface area contributed by atoms with Crippen molar-refractivity contribution in [1.82, 2.24) is 0 Å². The summed E-state index contributed by atoms with van der Waals surface area (Å²) in [5, 5.41) is 9.26. The van der Waals surface area contributed by atoms with Crippen LogP contribution in [0, 0.1) is 5.82 Å². The maximum atomic E-state index is 12.6. The summed E-state index contributed by atoms with van der Waals surface area (Å²) < 4.78 is 12.6. The Morgan fingerprint density at radius 3 is 2.58 bits per heavy atom. The van der Waals surface area contributed by atoms with Gasteiger partial charge in [0.15, 0.2) is 0 Å². The first-order chi connectivity index (χ1) is 5.41. The Balaban J connectivity index is 3.14. The van der Waals surface area contributed by atoms with Crippen LogP contribution >= 0.6 is 11.6 Å². The third-order valence-electron chi connectivity index (χ3n) is 1.50. The normalized spacial score (nSPS) is 15.8. The second-order valence-corrected chi connectivity index (χ2v) is 3.18. The van der Waals surface area contributed by atoms with Gasteiger partial charge in [-0.1, -0.05) is 17.7 Å². The Labute approximate surface area is 74.8 Å². The van der Waals surface area contributed by atoms with Crippen molar-refractivity contribution in [2.24, 2.45) is 5.73 Å². The Bertz CT molecular complexity index is 296. The zero-order valence-corrected chi connectivity index (χ0v) is 7.27. The molecule has 0 radical (unpaired) electrons. The number of rotatable bonds is 1. The van der Waals surface area contributed by atoms with Crippen LogP contribution in [0.25, 0.3) is 0 Å². The summed E-state index contributed by atoms with van der Waals surface area (Å²) >= 11 is 5.48. The first kappa shape index (κ1) is 9.45. The molecule has 0 bridgehead atoms. The molecule has 0 aromatic heterocycles. The molecule has 0 spiro atoms. The largest absolute Gasteiger partial charge is 0.372 e. The van der Waals surface area contributed by atoms with E-state index < -0.39 is 11.5 Å². The number of halogens is 2. The third-order valence-corrected chi connectivity index (χ3v) is 1.79. The van der Waals surface area contributed by atoms with Crippen molar-refractivity contribution in [3.63, 3.8) is 0 Å². The van der Waals surface area contributed by atoms with Gasteiger partial charge < -0.3 is 10.8 Å². The van der Waals surface area contributed by atoms with Gasteiger partial charge in [0, 0.05) is 0 Å². The van der Waals surface area contributed by atoms with Crippen molar-refractivity contribution in [3.8, 4) is 0 Å². The monoisotopic (exact) mass is 189 g/mol. The maximum Gasteiger partial charge on any atom is 0.141 e. The van der Waals surface area contributed by atoms with Gasteiger partial charge in [0.1, 0.15) is 11.5 Å². The van der Waals surface area contributed by atoms with Crippen LogP contribution in [0.15, 0.2) is 18.2 Å². The van der Waals surface area contributed by atoms with E-state index in [9.17, 15) is 9.50 Å². The number of hydrogen-bond donors (Lipinski definition) is 2. The van der Waals surface area contributed by atoms with Gasteiger partial charge in [-0.25, -0.2) is 4.39 Å². The fraction of sp³-hybridized carbons (Fsp3) is 0.250. The van der Waals surface area contributed by atoms with Gasteiger partial charge in [0.2, 0.25) is 0 Å². The second-order valence-electron chi connectivity index (χ2n) is 2.78. The van der Waals surface area contributed by atoms with Gasteiger partial charge in [-0.2, -0.15) is 0 Å². The second kappa shape index (κ2) is 3.01. The molecule has 0 saturated heterocycles. The first-order valence-corrected chi connectivity index (χ1v) is 3.76. The number of aliphatic hydroxyl groups is 1. The van der Waals surface area contributed by atoms with E-state index in [1.807, 2.05) is 0 Å². The molecule has 12 heavy (non-hydrogen) atoms. The molecule has 0 aliphatic carbocycles. The SMILES string of the molecule is CC(N)(O)c1ccc(F)c(Cl)c1. The summed E-state index contributed by atoms with van der Waals surface area (Å²) in [4.78, 5) is 0. The standard InChI is InChI=1S/C8H9ClFNO/c1-8(11,12)5-2-3-7(10)6(9)4-5/h2-4,12H,11H2,1H3. The zero-order chi connectivity index (χ0) is 9.35. The molecule has 2 nitrogen and oxygen atoms in total. The Morgan fingerprint density at radius 2 is 2.17 bits per heavy atom. The predicted molar refractivity (Wildman–Crippen MR) is 45.2 cm³/mol. The fourth-order valence-electron chi connectivity index (χ4n) is 0.811. The Hall–Kier alpha value is -0.640. The topological polar surface area (TPSA) is 46.2 Å². The van der Waals surface area contributed by atoms with E-state index in [0.29, 0.717) is 5.56 Å². The molecule has 0 saturated carbocycles. The van der Waals surface area contributed by atoms with Gasteiger partial charge in [0.05, 0.1) is 5.02 Å². The molecule has 66 valence electrons. The summed E-state index contributed by atoms with van der Waals surface area (Å²) in [6, 6.07) is 3.86. The fourth-order valence-corrected chi connectivity index (χ4v) is 0.992. The van der Waals surface area contributed by atoms with Crippen molar-refractivity contribution in [2.75, 3.05) is 0 Å². The van der Waals surface area contributed by atoms with Crippen molar-refractivity contribution >= 4 is 11.6 Å². The molecule has 0 amide bonds. The number of hydrogen-bond acceptors (Lipinski definition) is 2. The Kier molecular flexibility index (Phi) is 2.37. The van der Waals surface area contributed by atoms with Crippen LogP contribution in [-0.2, 0) is 5.72 Å². The summed E-state index contributed by atoms with van der Waals surface area (Å²) in [5.41, 5.74) is 4.26. The highest BCUT2D eigenvalue weighted by atomic mass is 35.5. The molecule has 1 rings (SSSR count). The lowest BCUT2D eigenvalue weighted by Gasteiger charge is -2.17. The maximum absolute atomic E-state index is 12.6. The van der Waals surface area contributed by atoms with Crippen molar-refractivity contribution in [3.05, 3.63) is 34.6 Å². The summed E-state index contributed by atoms with van der Waals surface area (Å²) in [6.07, 6.45) is 0. The van der Waals surface area contributed by atoms with Crippen molar-refractivity contribution in [2.45, 2.75) is 12.6 Å². The molecular formula is C8H9ClFNO. The average molecular weight is 190 g/mol. The molecule has 4 heteroatoms. The summed E-state index contributed by atoms with van der Waals surface area (Å²) in [7, 11) is 0. The molecule has 0 aliphatic rings. The highest BCUT2D eigenvalue weighted by molar-refractivity contribution is 6.30. The van der Waals surface area contributed by atoms with Gasteiger partial charge in [0.25, 0.3) is 0 Å². The lowest BCUT2D eigenvalue weighted by atomic mass is 10.1. The molecule has 0 fully saturated rings. The van der Waals surface area contributed by atoms with E-state index in [2.05, 4.69) is 0 Å². The highest BCUT2D eigenvalue weighted by Gasteiger charge is 2.17. The van der Waals surface area contributed by atoms with Gasteiger partial charge in [-0.05, 0) is 24.6 Å². The molecule has 1 aromatic rings. The van der Waals surface area contributed by atoms with Crippen LogP contribution in [-0.4, -0.2) is 5.11 Å². The van der Waals surface area contributed by atoms with Gasteiger partial charge in [-0.3, -0.25) is 0 Å². The van der Waals surface area contributed by atoms with Crippen LogP contribution in [0.2, 0.25) is 5.02 Å². The first-order valence-electron chi connectivity index (χ1n) is 3.38. The lowest BCUT2D eigenvalue weighted by Crippen LogP contribution is -2.32. The molecule has 0 aliphatic heterocycles. The lowest BCUT2D eigenvalue weighted by molar-refractivity contribution is 0.0647. The van der Waals surface area contributed by atoms with Crippen LogP contribution in [0.4, 0.5) is 4.39 Å². The summed E-state index contributed by atoms with van der Waals surface area (Å²) in [5.74, 6) is -0.523. The van der Waals surface area contributed by atoms with Gasteiger partial charge in [-0.15, -0.1) is 0 Å². The highest BCUT2D eigenvalue weighted by Crippen LogP contribution is 2.21. The molecule has 3 N–H and O–H groups in total. The molecule has 1 atom stereocenters. The van der Waals surface area contributed by atoms with Crippen molar-refractivity contribution < 1.29 is 9.50 Å². The Morgan fingerprint density at radius 1 is 1.58 bits per heavy atom. The van der Waals surface area contributed by atoms with E-state index in [0.717, 1.165) is 0 Å². The number of nitrogens with two attached hydrogens (primary N) is 1. The van der Waals surface area contributed by atoms with E-state index in [1.54, 1.807) is 0 Å². The van der Waals surface area contributed by atoms with Crippen molar-refractivity contribution in [1.29, 1.82) is 0 Å². The molecule has 1 aromatic carbocycles. The van der Waals surface area contributed by atoms with E-state index in [4.69, 9.17) is 17.3 Å². The van der Waals surface area contributed by atoms with Crippen LogP contribution in [0.1, 0.15) is 12.5 Å². The molecule has 1 unspecified atom stereocenters. The van der Waals surface area contributed by atoms with Crippen LogP contribution < -0.4 is 5.73 Å². The predicted octanol–water partition coefficient (Wildman–Crippen LogP) is 1.60. The quantitative estimate of drug-likeness (QED) is 0.660. The van der Waals surface area contributed by atoms with E-state index in [-0.39, 0.29) is 5.02 Å². The average Bonchev–Trinajstić information content (AvgIpc) is 1.92. The third kappa shape index (κ3) is 1.94. The van der Waals surface area contributed by atoms with Gasteiger partial charge >= 0.3 is 0 Å². The smallest absolute Gasteiger partial charge is 0.141 e.